The van der Waals surface area contributed by atoms with Gasteiger partial charge in [0.05, 0.1) is 0 Å². The van der Waals surface area contributed by atoms with Crippen LogP contribution in [0.4, 0.5) is 0 Å². The van der Waals surface area contributed by atoms with Crippen LogP contribution in [0.3, 0.4) is 0 Å². The second-order valence-electron chi connectivity index (χ2n) is 6.58. The summed E-state index contributed by atoms with van der Waals surface area (Å²) in [6, 6.07) is 0. The summed E-state index contributed by atoms with van der Waals surface area (Å²) in [7, 11) is 0. The number of carbonyl (C=O) groups excluding carboxylic acids is 1. The number of allylic oxidation sites excluding steroid dienone is 10. The Kier molecular flexibility index (Phi) is 6.61. The van der Waals surface area contributed by atoms with Gasteiger partial charge in [-0.2, -0.15) is 0 Å². The van der Waals surface area contributed by atoms with Crippen molar-refractivity contribution in [2.24, 2.45) is 5.41 Å². The molecular weight excluding hydrogens is 258 g/mol. The summed E-state index contributed by atoms with van der Waals surface area (Å²) < 4.78 is 0. The van der Waals surface area contributed by atoms with Gasteiger partial charge in [0.1, 0.15) is 6.29 Å². The maximum atomic E-state index is 10.3. The maximum Gasteiger partial charge on any atom is 0.143 e. The Hall–Kier alpha value is -1.63. The van der Waals surface area contributed by atoms with Crippen molar-refractivity contribution in [3.63, 3.8) is 0 Å². The third-order valence-electron chi connectivity index (χ3n) is 4.10. The Morgan fingerprint density at radius 1 is 1.10 bits per heavy atom. The first-order chi connectivity index (χ1) is 9.86. The van der Waals surface area contributed by atoms with E-state index in [0.29, 0.717) is 0 Å². The zero-order valence-electron chi connectivity index (χ0n) is 14.1. The molecule has 0 amide bonds. The van der Waals surface area contributed by atoms with Crippen molar-refractivity contribution in [3.05, 3.63) is 58.7 Å². The molecule has 0 atom stereocenters. The van der Waals surface area contributed by atoms with Crippen LogP contribution >= 0.6 is 0 Å². The van der Waals surface area contributed by atoms with Crippen molar-refractivity contribution in [3.8, 4) is 0 Å². The Morgan fingerprint density at radius 3 is 2.38 bits per heavy atom. The van der Waals surface area contributed by atoms with Crippen LogP contribution in [-0.4, -0.2) is 6.29 Å². The van der Waals surface area contributed by atoms with Crippen molar-refractivity contribution in [1.29, 1.82) is 0 Å². The van der Waals surface area contributed by atoms with Gasteiger partial charge in [-0.15, -0.1) is 0 Å². The third-order valence-corrected chi connectivity index (χ3v) is 4.10. The summed E-state index contributed by atoms with van der Waals surface area (Å²) in [6.07, 6.45) is 16.6. The lowest BCUT2D eigenvalue weighted by atomic mass is 9.73. The summed E-state index contributed by atoms with van der Waals surface area (Å²) in [5, 5.41) is 0. The molecule has 1 aliphatic rings. The molecule has 21 heavy (non-hydrogen) atoms. The summed E-state index contributed by atoms with van der Waals surface area (Å²) in [5.41, 5.74) is 5.48. The highest BCUT2D eigenvalue weighted by Crippen LogP contribution is 2.40. The van der Waals surface area contributed by atoms with E-state index in [2.05, 4.69) is 45.9 Å². The number of hydrogen-bond donors (Lipinski definition) is 0. The molecule has 0 aliphatic heterocycles. The standard InChI is InChI=1S/C20H28O/c1-16(8-6-9-17(2)13-15-21)11-12-19-18(3)10-7-14-20(19,4)5/h6,8-9,11-13,15H,7,10,14H2,1-5H3/b9-6+,12-11+,16-8+,17-13+/i11+1,17+1. The van der Waals surface area contributed by atoms with E-state index in [9.17, 15) is 4.79 Å². The first-order valence-corrected chi connectivity index (χ1v) is 7.72. The predicted octanol–water partition coefficient (Wildman–Crippen LogP) is 5.72. The van der Waals surface area contributed by atoms with Gasteiger partial charge in [0.25, 0.3) is 0 Å². The van der Waals surface area contributed by atoms with Crippen molar-refractivity contribution in [2.75, 3.05) is 0 Å². The molecule has 0 heterocycles. The molecule has 0 unspecified atom stereocenters. The Morgan fingerprint density at radius 2 is 1.76 bits per heavy atom. The fourth-order valence-electron chi connectivity index (χ4n) is 2.80. The smallest absolute Gasteiger partial charge is 0.143 e. The SMILES string of the molecule is CC1=C(/C=[13CH]/C(C)=C/C=C/[13C](C)=C/C=O)C(C)(C)CCC1. The lowest BCUT2D eigenvalue weighted by Gasteiger charge is -2.32. The lowest BCUT2D eigenvalue weighted by molar-refractivity contribution is -0.104. The molecule has 114 valence electrons. The monoisotopic (exact) mass is 286 g/mol. The molecule has 1 nitrogen and oxygen atoms in total. The van der Waals surface area contributed by atoms with Crippen LogP contribution in [0.15, 0.2) is 58.7 Å². The number of hydrogen-bond acceptors (Lipinski definition) is 1. The van der Waals surface area contributed by atoms with E-state index in [0.717, 1.165) is 11.9 Å². The van der Waals surface area contributed by atoms with E-state index < -0.39 is 0 Å². The summed E-state index contributed by atoms with van der Waals surface area (Å²) in [5.74, 6) is 0. The van der Waals surface area contributed by atoms with E-state index in [1.165, 1.54) is 36.0 Å². The molecule has 0 fully saturated rings. The highest BCUT2D eigenvalue weighted by atomic mass is 16.1. The molecule has 0 bridgehead atoms. The molecule has 0 saturated heterocycles. The van der Waals surface area contributed by atoms with Crippen LogP contribution in [0, 0.1) is 5.41 Å². The Labute approximate surface area is 129 Å². The van der Waals surface area contributed by atoms with Crippen molar-refractivity contribution in [1.82, 2.24) is 0 Å². The van der Waals surface area contributed by atoms with Gasteiger partial charge in [0.15, 0.2) is 0 Å². The molecule has 0 saturated carbocycles. The second kappa shape index (κ2) is 7.97. The molecule has 1 rings (SSSR count). The molecule has 0 radical (unpaired) electrons. The zero-order valence-corrected chi connectivity index (χ0v) is 14.1. The van der Waals surface area contributed by atoms with Crippen LogP contribution in [0.2, 0.25) is 0 Å². The first kappa shape index (κ1) is 17.4. The molecule has 0 N–H and O–H groups in total. The van der Waals surface area contributed by atoms with Gasteiger partial charge < -0.3 is 0 Å². The molecular formula is C20H28O. The van der Waals surface area contributed by atoms with Gasteiger partial charge in [-0.05, 0) is 62.7 Å². The Bertz CT molecular complexity index is 522. The highest BCUT2D eigenvalue weighted by molar-refractivity contribution is 5.66. The number of aldehydes is 1. The number of carbonyl (C=O) groups is 1. The van der Waals surface area contributed by atoms with Crippen molar-refractivity contribution >= 4 is 6.29 Å². The summed E-state index contributed by atoms with van der Waals surface area (Å²) >= 11 is 0. The van der Waals surface area contributed by atoms with Crippen molar-refractivity contribution in [2.45, 2.75) is 53.9 Å². The molecule has 0 aromatic rings. The van der Waals surface area contributed by atoms with Gasteiger partial charge in [0, 0.05) is 0 Å². The van der Waals surface area contributed by atoms with Crippen LogP contribution in [0.5, 0.6) is 0 Å². The minimum atomic E-state index is 0.290. The topological polar surface area (TPSA) is 17.1 Å². The average Bonchev–Trinajstić information content (AvgIpc) is 2.37. The maximum absolute atomic E-state index is 10.3. The van der Waals surface area contributed by atoms with E-state index in [-0.39, 0.29) is 5.41 Å². The largest absolute Gasteiger partial charge is 0.299 e. The Balaban J connectivity index is 2.80. The van der Waals surface area contributed by atoms with Gasteiger partial charge >= 0.3 is 0 Å². The zero-order chi connectivity index (χ0) is 15.9. The minimum absolute atomic E-state index is 0.290. The van der Waals surface area contributed by atoms with E-state index >= 15 is 0 Å². The predicted molar refractivity (Wildman–Crippen MR) is 92.2 cm³/mol. The summed E-state index contributed by atoms with van der Waals surface area (Å²) in [4.78, 5) is 10.3. The van der Waals surface area contributed by atoms with E-state index in [1.807, 2.05) is 19.1 Å². The van der Waals surface area contributed by atoms with Crippen molar-refractivity contribution < 1.29 is 4.79 Å². The molecule has 1 heteroatoms. The van der Waals surface area contributed by atoms with Crippen LogP contribution in [-0.2, 0) is 4.79 Å². The molecule has 0 aromatic carbocycles. The molecule has 1 aliphatic carbocycles. The van der Waals surface area contributed by atoms with Gasteiger partial charge in [-0.25, -0.2) is 0 Å². The van der Waals surface area contributed by atoms with Gasteiger partial charge in [0.2, 0.25) is 0 Å². The third kappa shape index (κ3) is 5.71. The van der Waals surface area contributed by atoms with Gasteiger partial charge in [-0.3, -0.25) is 4.79 Å². The normalized spacial score (nSPS) is 20.6. The van der Waals surface area contributed by atoms with E-state index in [1.54, 1.807) is 6.08 Å². The van der Waals surface area contributed by atoms with E-state index in [4.69, 9.17) is 0 Å². The minimum Gasteiger partial charge on any atom is -0.299 e. The average molecular weight is 286 g/mol. The fourth-order valence-corrected chi connectivity index (χ4v) is 2.80. The van der Waals surface area contributed by atoms with Crippen LogP contribution in [0.25, 0.3) is 0 Å². The highest BCUT2D eigenvalue weighted by Gasteiger charge is 2.26. The molecule has 0 spiro atoms. The van der Waals surface area contributed by atoms with Crippen LogP contribution in [0.1, 0.15) is 53.9 Å². The number of rotatable bonds is 5. The second-order valence-corrected chi connectivity index (χ2v) is 6.58. The fraction of sp³-hybridized carbons (Fsp3) is 0.450. The quantitative estimate of drug-likeness (QED) is 0.273. The van der Waals surface area contributed by atoms with Crippen LogP contribution < -0.4 is 0 Å². The lowest BCUT2D eigenvalue weighted by Crippen LogP contribution is -2.19. The van der Waals surface area contributed by atoms with Gasteiger partial charge in [-0.1, -0.05) is 55.4 Å². The first-order valence-electron chi connectivity index (χ1n) is 7.72. The molecule has 0 aromatic heterocycles. The summed E-state index contributed by atoms with van der Waals surface area (Å²) in [6.45, 7) is 10.9.